The van der Waals surface area contributed by atoms with Crippen LogP contribution < -0.4 is 4.72 Å². The van der Waals surface area contributed by atoms with Gasteiger partial charge in [0.1, 0.15) is 23.4 Å². The molecule has 0 spiro atoms. The van der Waals surface area contributed by atoms with Gasteiger partial charge in [0.05, 0.1) is 11.6 Å². The van der Waals surface area contributed by atoms with E-state index in [-0.39, 0.29) is 22.0 Å². The summed E-state index contributed by atoms with van der Waals surface area (Å²) in [7, 11) is -3.79. The Morgan fingerprint density at radius 3 is 2.85 bits per heavy atom. The summed E-state index contributed by atoms with van der Waals surface area (Å²) in [5.41, 5.74) is 0.214. The first-order valence-corrected chi connectivity index (χ1v) is 7.54. The summed E-state index contributed by atoms with van der Waals surface area (Å²) in [6.45, 7) is 1.93. The van der Waals surface area contributed by atoms with E-state index in [4.69, 9.17) is 11.6 Å². The molecule has 0 aliphatic heterocycles. The van der Waals surface area contributed by atoms with E-state index in [1.165, 1.54) is 30.3 Å². The van der Waals surface area contributed by atoms with Crippen molar-refractivity contribution >= 4 is 21.6 Å². The van der Waals surface area contributed by atoms with Crippen molar-refractivity contribution in [3.05, 3.63) is 41.2 Å². The van der Waals surface area contributed by atoms with Gasteiger partial charge in [0, 0.05) is 6.54 Å². The number of halogens is 2. The number of nitrogens with zero attached hydrogens (tertiary/aromatic N) is 3. The quantitative estimate of drug-likeness (QED) is 0.903. The molecule has 0 radical (unpaired) electrons. The number of hydrogen-bond donors (Lipinski definition) is 1. The molecule has 108 valence electrons. The van der Waals surface area contributed by atoms with Crippen LogP contribution in [0.1, 0.15) is 5.56 Å². The second-order valence-electron chi connectivity index (χ2n) is 4.09. The number of benzene rings is 1. The minimum atomic E-state index is -3.79. The van der Waals surface area contributed by atoms with Gasteiger partial charge in [0.25, 0.3) is 0 Å². The third-order valence-corrected chi connectivity index (χ3v) is 4.53. The van der Waals surface area contributed by atoms with E-state index in [9.17, 15) is 12.8 Å². The standard InChI is InChI=1S/C11H12ClFN4O2S/c1-8-4-11(9(12)5-10(8)13)20(18,19)16-2-3-17-7-14-6-15-17/h4-7,16H,2-3H2,1H3. The summed E-state index contributed by atoms with van der Waals surface area (Å²) in [6.07, 6.45) is 2.83. The first kappa shape index (κ1) is 14.9. The highest BCUT2D eigenvalue weighted by molar-refractivity contribution is 7.89. The maximum atomic E-state index is 13.3. The molecule has 2 aromatic rings. The van der Waals surface area contributed by atoms with Crippen LogP contribution in [-0.2, 0) is 16.6 Å². The van der Waals surface area contributed by atoms with Crippen LogP contribution in [0.25, 0.3) is 0 Å². The summed E-state index contributed by atoms with van der Waals surface area (Å²) < 4.78 is 41.3. The van der Waals surface area contributed by atoms with Crippen molar-refractivity contribution in [1.29, 1.82) is 0 Å². The molecule has 0 bridgehead atoms. The minimum absolute atomic E-state index is 0.123. The Bertz CT molecular complexity index is 703. The molecule has 0 amide bonds. The average molecular weight is 319 g/mol. The molecule has 0 saturated carbocycles. The van der Waals surface area contributed by atoms with E-state index in [2.05, 4.69) is 14.8 Å². The normalized spacial score (nSPS) is 11.8. The van der Waals surface area contributed by atoms with Crippen LogP contribution in [0, 0.1) is 12.7 Å². The smallest absolute Gasteiger partial charge is 0.242 e. The highest BCUT2D eigenvalue weighted by atomic mass is 35.5. The van der Waals surface area contributed by atoms with E-state index in [0.717, 1.165) is 6.07 Å². The van der Waals surface area contributed by atoms with Gasteiger partial charge in [-0.3, -0.25) is 4.68 Å². The number of rotatable bonds is 5. The van der Waals surface area contributed by atoms with Crippen LogP contribution >= 0.6 is 11.6 Å². The van der Waals surface area contributed by atoms with Crippen molar-refractivity contribution in [1.82, 2.24) is 19.5 Å². The Morgan fingerprint density at radius 2 is 2.20 bits per heavy atom. The Morgan fingerprint density at radius 1 is 1.45 bits per heavy atom. The second kappa shape index (κ2) is 5.86. The lowest BCUT2D eigenvalue weighted by Crippen LogP contribution is -2.28. The van der Waals surface area contributed by atoms with E-state index >= 15 is 0 Å². The number of nitrogens with one attached hydrogen (secondary N) is 1. The van der Waals surface area contributed by atoms with Crippen molar-refractivity contribution in [2.75, 3.05) is 6.54 Å². The zero-order valence-corrected chi connectivity index (χ0v) is 12.1. The lowest BCUT2D eigenvalue weighted by atomic mass is 10.2. The van der Waals surface area contributed by atoms with E-state index < -0.39 is 15.8 Å². The number of sulfonamides is 1. The molecule has 0 fully saturated rings. The third-order valence-electron chi connectivity index (χ3n) is 2.60. The summed E-state index contributed by atoms with van der Waals surface area (Å²) in [4.78, 5) is 3.60. The van der Waals surface area contributed by atoms with Gasteiger partial charge in [-0.1, -0.05) is 11.6 Å². The average Bonchev–Trinajstić information content (AvgIpc) is 2.86. The fourth-order valence-corrected chi connectivity index (χ4v) is 3.18. The molecule has 1 heterocycles. The fourth-order valence-electron chi connectivity index (χ4n) is 1.56. The molecule has 1 aromatic heterocycles. The largest absolute Gasteiger partial charge is 0.252 e. The van der Waals surface area contributed by atoms with Gasteiger partial charge in [-0.05, 0) is 24.6 Å². The molecule has 0 atom stereocenters. The van der Waals surface area contributed by atoms with Gasteiger partial charge in [-0.15, -0.1) is 0 Å². The fraction of sp³-hybridized carbons (Fsp3) is 0.273. The van der Waals surface area contributed by atoms with E-state index in [1.807, 2.05) is 0 Å². The highest BCUT2D eigenvalue weighted by Gasteiger charge is 2.19. The highest BCUT2D eigenvalue weighted by Crippen LogP contribution is 2.24. The molecule has 20 heavy (non-hydrogen) atoms. The molecular weight excluding hydrogens is 307 g/mol. The first-order valence-electron chi connectivity index (χ1n) is 5.68. The molecule has 0 aliphatic rings. The van der Waals surface area contributed by atoms with Crippen LogP contribution in [0.5, 0.6) is 0 Å². The molecule has 2 rings (SSSR count). The van der Waals surface area contributed by atoms with E-state index in [1.54, 1.807) is 0 Å². The topological polar surface area (TPSA) is 76.9 Å². The van der Waals surface area contributed by atoms with E-state index in [0.29, 0.717) is 6.54 Å². The van der Waals surface area contributed by atoms with Crippen LogP contribution in [0.3, 0.4) is 0 Å². The van der Waals surface area contributed by atoms with Crippen molar-refractivity contribution in [2.24, 2.45) is 0 Å². The summed E-state index contributed by atoms with van der Waals surface area (Å²) >= 11 is 5.78. The zero-order valence-electron chi connectivity index (χ0n) is 10.5. The number of aryl methyl sites for hydroxylation is 1. The number of hydrogen-bond acceptors (Lipinski definition) is 4. The van der Waals surface area contributed by atoms with Crippen LogP contribution in [0.4, 0.5) is 4.39 Å². The lowest BCUT2D eigenvalue weighted by Gasteiger charge is -2.09. The predicted molar refractivity (Wildman–Crippen MR) is 71.4 cm³/mol. The Hall–Kier alpha value is -1.51. The van der Waals surface area contributed by atoms with Crippen LogP contribution in [0.2, 0.25) is 5.02 Å². The Kier molecular flexibility index (Phi) is 4.36. The van der Waals surface area contributed by atoms with Crippen molar-refractivity contribution < 1.29 is 12.8 Å². The lowest BCUT2D eigenvalue weighted by molar-refractivity contribution is 0.559. The SMILES string of the molecule is Cc1cc(S(=O)(=O)NCCn2cncn2)c(Cl)cc1F. The van der Waals surface area contributed by atoms with Gasteiger partial charge >= 0.3 is 0 Å². The van der Waals surface area contributed by atoms with Crippen LogP contribution in [-0.4, -0.2) is 29.7 Å². The van der Waals surface area contributed by atoms with Gasteiger partial charge < -0.3 is 0 Å². The summed E-state index contributed by atoms with van der Waals surface area (Å²) in [5.74, 6) is -0.545. The first-order chi connectivity index (χ1) is 9.40. The molecule has 1 N–H and O–H groups in total. The van der Waals surface area contributed by atoms with Gasteiger partial charge in [-0.25, -0.2) is 22.5 Å². The maximum Gasteiger partial charge on any atom is 0.242 e. The monoisotopic (exact) mass is 318 g/mol. The zero-order chi connectivity index (χ0) is 14.8. The molecule has 6 nitrogen and oxygen atoms in total. The molecule has 1 aromatic carbocycles. The van der Waals surface area contributed by atoms with Gasteiger partial charge in [0.2, 0.25) is 10.0 Å². The van der Waals surface area contributed by atoms with Crippen LogP contribution in [0.15, 0.2) is 29.7 Å². The third kappa shape index (κ3) is 3.33. The Balaban J connectivity index is 2.12. The summed E-state index contributed by atoms with van der Waals surface area (Å²) in [5, 5.41) is 3.70. The summed E-state index contributed by atoms with van der Waals surface area (Å²) in [6, 6.07) is 2.19. The molecule has 0 aliphatic carbocycles. The molecular formula is C11H12ClFN4O2S. The Labute approximate surface area is 120 Å². The molecule has 0 saturated heterocycles. The minimum Gasteiger partial charge on any atom is -0.252 e. The van der Waals surface area contributed by atoms with Gasteiger partial charge in [0.15, 0.2) is 0 Å². The second-order valence-corrected chi connectivity index (χ2v) is 6.23. The maximum absolute atomic E-state index is 13.3. The van der Waals surface area contributed by atoms with Crippen molar-refractivity contribution in [2.45, 2.75) is 18.4 Å². The molecule has 9 heteroatoms. The van der Waals surface area contributed by atoms with Crippen molar-refractivity contribution in [3.8, 4) is 0 Å². The number of aromatic nitrogens is 3. The van der Waals surface area contributed by atoms with Crippen molar-refractivity contribution in [3.63, 3.8) is 0 Å². The molecule has 0 unspecified atom stereocenters. The van der Waals surface area contributed by atoms with Gasteiger partial charge in [-0.2, -0.15) is 5.10 Å². The predicted octanol–water partition coefficient (Wildman–Crippen LogP) is 1.36.